The summed E-state index contributed by atoms with van der Waals surface area (Å²) in [5.41, 5.74) is 3.07. The second-order valence-electron chi connectivity index (χ2n) is 7.48. The van der Waals surface area contributed by atoms with Gasteiger partial charge in [0.15, 0.2) is 0 Å². The molecule has 0 spiro atoms. The van der Waals surface area contributed by atoms with E-state index in [2.05, 4.69) is 5.32 Å². The highest BCUT2D eigenvalue weighted by molar-refractivity contribution is 6.00. The van der Waals surface area contributed by atoms with E-state index in [-0.39, 0.29) is 17.8 Å². The van der Waals surface area contributed by atoms with Gasteiger partial charge >= 0.3 is 0 Å². The molecule has 1 N–H and O–H groups in total. The van der Waals surface area contributed by atoms with Gasteiger partial charge in [-0.25, -0.2) is 9.07 Å². The Morgan fingerprint density at radius 1 is 1.00 bits per heavy atom. The Hall–Kier alpha value is -4.13. The van der Waals surface area contributed by atoms with Gasteiger partial charge in [0.2, 0.25) is 0 Å². The van der Waals surface area contributed by atoms with Crippen LogP contribution < -0.4 is 14.8 Å². The van der Waals surface area contributed by atoms with Gasteiger partial charge in [-0.2, -0.15) is 5.10 Å². The third kappa shape index (κ3) is 4.72. The van der Waals surface area contributed by atoms with E-state index in [0.717, 1.165) is 11.3 Å². The van der Waals surface area contributed by atoms with E-state index in [4.69, 9.17) is 14.6 Å². The van der Waals surface area contributed by atoms with Crippen LogP contribution in [0.5, 0.6) is 11.5 Å². The van der Waals surface area contributed by atoms with Crippen molar-refractivity contribution in [1.82, 2.24) is 15.1 Å². The van der Waals surface area contributed by atoms with Crippen LogP contribution in [0, 0.1) is 5.82 Å². The first-order chi connectivity index (χ1) is 16.0. The number of hydrogen-bond acceptors (Lipinski definition) is 4. The van der Waals surface area contributed by atoms with Gasteiger partial charge in [0.05, 0.1) is 31.5 Å². The minimum atomic E-state index is -0.335. The lowest BCUT2D eigenvalue weighted by Crippen LogP contribution is -2.26. The first-order valence-corrected chi connectivity index (χ1v) is 10.4. The number of nitrogens with zero attached hydrogens (tertiary/aromatic N) is 2. The molecule has 1 atom stereocenters. The summed E-state index contributed by atoms with van der Waals surface area (Å²) < 4.78 is 25.9. The Bertz CT molecular complexity index is 1250. The lowest BCUT2D eigenvalue weighted by Gasteiger charge is -2.15. The van der Waals surface area contributed by atoms with Crippen LogP contribution in [-0.4, -0.2) is 29.9 Å². The number of halogens is 1. The van der Waals surface area contributed by atoms with Crippen molar-refractivity contribution in [1.29, 1.82) is 0 Å². The maximum Gasteiger partial charge on any atom is 0.255 e. The van der Waals surface area contributed by atoms with Crippen LogP contribution in [0.2, 0.25) is 0 Å². The number of carbonyl (C=O) groups excluding carboxylic acids is 1. The normalized spacial score (nSPS) is 11.6. The lowest BCUT2D eigenvalue weighted by molar-refractivity contribution is 0.0940. The molecule has 0 aliphatic rings. The number of aromatic nitrogens is 2. The smallest absolute Gasteiger partial charge is 0.255 e. The molecule has 0 saturated carbocycles. The van der Waals surface area contributed by atoms with Crippen molar-refractivity contribution in [2.24, 2.45) is 0 Å². The van der Waals surface area contributed by atoms with Crippen LogP contribution in [0.3, 0.4) is 0 Å². The Morgan fingerprint density at radius 3 is 2.39 bits per heavy atom. The van der Waals surface area contributed by atoms with E-state index >= 15 is 0 Å². The van der Waals surface area contributed by atoms with Crippen molar-refractivity contribution in [2.45, 2.75) is 13.0 Å². The number of nitrogens with one attached hydrogen (secondary N) is 1. The van der Waals surface area contributed by atoms with Crippen molar-refractivity contribution in [2.75, 3.05) is 14.2 Å². The van der Waals surface area contributed by atoms with E-state index in [1.54, 1.807) is 55.4 Å². The molecule has 6 nitrogen and oxygen atoms in total. The zero-order valence-electron chi connectivity index (χ0n) is 18.6. The second kappa shape index (κ2) is 9.56. The Morgan fingerprint density at radius 2 is 1.73 bits per heavy atom. The molecular weight excluding hydrogens is 421 g/mol. The van der Waals surface area contributed by atoms with Crippen molar-refractivity contribution in [3.8, 4) is 28.4 Å². The first-order valence-electron chi connectivity index (χ1n) is 10.4. The molecule has 0 aliphatic carbocycles. The summed E-state index contributed by atoms with van der Waals surface area (Å²) in [6.07, 6.45) is 1.69. The van der Waals surface area contributed by atoms with Crippen LogP contribution in [0.25, 0.3) is 16.9 Å². The Kier molecular flexibility index (Phi) is 6.40. The fourth-order valence-corrected chi connectivity index (χ4v) is 3.56. The highest BCUT2D eigenvalue weighted by atomic mass is 19.1. The molecule has 4 aromatic rings. The molecule has 1 aromatic heterocycles. The van der Waals surface area contributed by atoms with Crippen LogP contribution in [0.1, 0.15) is 28.9 Å². The van der Waals surface area contributed by atoms with Crippen LogP contribution in [0.4, 0.5) is 4.39 Å². The van der Waals surface area contributed by atoms with Crippen molar-refractivity contribution >= 4 is 5.91 Å². The van der Waals surface area contributed by atoms with E-state index in [9.17, 15) is 9.18 Å². The zero-order chi connectivity index (χ0) is 23.4. The quantitative estimate of drug-likeness (QED) is 0.425. The lowest BCUT2D eigenvalue weighted by atomic mass is 10.0. The number of amides is 1. The summed E-state index contributed by atoms with van der Waals surface area (Å²) >= 11 is 0. The van der Waals surface area contributed by atoms with Crippen LogP contribution in [-0.2, 0) is 0 Å². The fourth-order valence-electron chi connectivity index (χ4n) is 3.56. The SMILES string of the molecule is COc1ccc(OC)c(-c2nn(-c3ccccc3)cc2C(=O)NC(C)c2ccc(F)cc2)c1. The summed E-state index contributed by atoms with van der Waals surface area (Å²) in [5.74, 6) is 0.545. The van der Waals surface area contributed by atoms with Gasteiger partial charge in [-0.05, 0) is 55.0 Å². The van der Waals surface area contributed by atoms with Gasteiger partial charge < -0.3 is 14.8 Å². The monoisotopic (exact) mass is 445 g/mol. The highest BCUT2D eigenvalue weighted by Crippen LogP contribution is 2.35. The predicted molar refractivity (Wildman–Crippen MR) is 124 cm³/mol. The van der Waals surface area contributed by atoms with Crippen molar-refractivity contribution in [3.63, 3.8) is 0 Å². The molecular formula is C26H24FN3O3. The second-order valence-corrected chi connectivity index (χ2v) is 7.48. The zero-order valence-corrected chi connectivity index (χ0v) is 18.6. The van der Waals surface area contributed by atoms with Gasteiger partial charge in [-0.3, -0.25) is 4.79 Å². The summed E-state index contributed by atoms with van der Waals surface area (Å²) in [5, 5.41) is 7.70. The minimum Gasteiger partial charge on any atom is -0.497 e. The van der Waals surface area contributed by atoms with Gasteiger partial charge in [-0.15, -0.1) is 0 Å². The van der Waals surface area contributed by atoms with E-state index in [1.807, 2.05) is 37.3 Å². The van der Waals surface area contributed by atoms with Gasteiger partial charge in [-0.1, -0.05) is 30.3 Å². The number of para-hydroxylation sites is 1. The summed E-state index contributed by atoms with van der Waals surface area (Å²) in [4.78, 5) is 13.4. The molecule has 0 radical (unpaired) electrons. The molecule has 168 valence electrons. The maximum atomic E-state index is 13.4. The number of ether oxygens (including phenoxy) is 2. The maximum absolute atomic E-state index is 13.4. The third-order valence-corrected chi connectivity index (χ3v) is 5.36. The molecule has 1 unspecified atom stereocenters. The van der Waals surface area contributed by atoms with Crippen molar-refractivity contribution in [3.05, 3.63) is 95.9 Å². The Balaban J connectivity index is 1.77. The Labute approximate surface area is 191 Å². The molecule has 1 heterocycles. The minimum absolute atomic E-state index is 0.311. The number of rotatable bonds is 7. The van der Waals surface area contributed by atoms with E-state index < -0.39 is 0 Å². The number of carbonyl (C=O) groups is 1. The molecule has 1 amide bonds. The fraction of sp³-hybridized carbons (Fsp3) is 0.154. The van der Waals surface area contributed by atoms with Crippen LogP contribution >= 0.6 is 0 Å². The molecule has 0 saturated heterocycles. The molecule has 0 fully saturated rings. The van der Waals surface area contributed by atoms with Gasteiger partial charge in [0, 0.05) is 11.8 Å². The average Bonchev–Trinajstić information content (AvgIpc) is 3.30. The number of hydrogen-bond donors (Lipinski definition) is 1. The van der Waals surface area contributed by atoms with Gasteiger partial charge in [0.25, 0.3) is 5.91 Å². The highest BCUT2D eigenvalue weighted by Gasteiger charge is 2.23. The molecule has 0 bridgehead atoms. The van der Waals surface area contributed by atoms with Gasteiger partial charge in [0.1, 0.15) is 23.0 Å². The topological polar surface area (TPSA) is 65.4 Å². The standard InChI is InChI=1S/C26H24FN3O3/c1-17(18-9-11-19(27)12-10-18)28-26(31)23-16-30(20-7-5-4-6-8-20)29-25(23)22-15-21(32-2)13-14-24(22)33-3/h4-17H,1-3H3,(H,28,31). The number of benzene rings is 3. The molecule has 7 heteroatoms. The molecule has 0 aliphatic heterocycles. The summed E-state index contributed by atoms with van der Waals surface area (Å²) in [6, 6.07) is 20.6. The van der Waals surface area contributed by atoms with Crippen LogP contribution in [0.15, 0.2) is 79.0 Å². The predicted octanol–water partition coefficient (Wildman–Crippen LogP) is 5.19. The average molecular weight is 445 g/mol. The summed E-state index contributed by atoms with van der Waals surface area (Å²) in [7, 11) is 3.14. The summed E-state index contributed by atoms with van der Waals surface area (Å²) in [6.45, 7) is 1.85. The molecule has 4 rings (SSSR count). The van der Waals surface area contributed by atoms with Crippen molar-refractivity contribution < 1.29 is 18.7 Å². The molecule has 3 aromatic carbocycles. The first kappa shape index (κ1) is 22.1. The van der Waals surface area contributed by atoms with E-state index in [1.165, 1.54) is 12.1 Å². The molecule has 33 heavy (non-hydrogen) atoms. The van der Waals surface area contributed by atoms with E-state index in [0.29, 0.717) is 28.3 Å². The third-order valence-electron chi connectivity index (χ3n) is 5.36. The number of methoxy groups -OCH3 is 2. The largest absolute Gasteiger partial charge is 0.497 e.